The summed E-state index contributed by atoms with van der Waals surface area (Å²) in [4.78, 5) is 13.1. The van der Waals surface area contributed by atoms with Gasteiger partial charge < -0.3 is 15.4 Å². The highest BCUT2D eigenvalue weighted by Crippen LogP contribution is 2.25. The Morgan fingerprint density at radius 1 is 1.07 bits per heavy atom. The lowest BCUT2D eigenvalue weighted by molar-refractivity contribution is -0.688. The highest BCUT2D eigenvalue weighted by atomic mass is 16.5. The largest absolute Gasteiger partial charge is 0.492 e. The normalized spacial score (nSPS) is 15.9. The van der Waals surface area contributed by atoms with E-state index in [0.717, 1.165) is 17.8 Å². The molecule has 0 saturated heterocycles. The molecule has 1 aliphatic rings. The van der Waals surface area contributed by atoms with Gasteiger partial charge in [0.25, 0.3) is 5.91 Å². The highest BCUT2D eigenvalue weighted by Gasteiger charge is 2.26. The number of amides is 1. The SMILES string of the molecule is CCOc1ccccc1NC(=O)[C@H]([NH2+]CC1CCCCC1)c1ccccc1. The number of ether oxygens (including phenoxy) is 1. The van der Waals surface area contributed by atoms with E-state index in [1.54, 1.807) is 0 Å². The van der Waals surface area contributed by atoms with Gasteiger partial charge in [0.15, 0.2) is 6.04 Å². The van der Waals surface area contributed by atoms with Crippen LogP contribution in [0.15, 0.2) is 54.6 Å². The van der Waals surface area contributed by atoms with E-state index in [4.69, 9.17) is 4.74 Å². The number of rotatable bonds is 8. The molecule has 0 radical (unpaired) electrons. The van der Waals surface area contributed by atoms with Gasteiger partial charge in [0.05, 0.1) is 18.8 Å². The zero-order valence-electron chi connectivity index (χ0n) is 16.2. The van der Waals surface area contributed by atoms with Gasteiger partial charge in [-0.1, -0.05) is 61.7 Å². The second-order valence-electron chi connectivity index (χ2n) is 7.28. The Labute approximate surface area is 162 Å². The van der Waals surface area contributed by atoms with Gasteiger partial charge in [-0.25, -0.2) is 0 Å². The molecule has 3 N–H and O–H groups in total. The van der Waals surface area contributed by atoms with E-state index in [2.05, 4.69) is 10.6 Å². The summed E-state index contributed by atoms with van der Waals surface area (Å²) in [6.45, 7) is 3.52. The molecule has 1 fully saturated rings. The molecule has 0 spiro atoms. The van der Waals surface area contributed by atoms with Crippen LogP contribution in [-0.2, 0) is 4.79 Å². The van der Waals surface area contributed by atoms with Crippen molar-refractivity contribution in [2.75, 3.05) is 18.5 Å². The average Bonchev–Trinajstić information content (AvgIpc) is 2.71. The van der Waals surface area contributed by atoms with Crippen molar-refractivity contribution in [3.63, 3.8) is 0 Å². The van der Waals surface area contributed by atoms with Crippen LogP contribution in [0, 0.1) is 5.92 Å². The topological polar surface area (TPSA) is 54.9 Å². The second-order valence-corrected chi connectivity index (χ2v) is 7.28. The Morgan fingerprint density at radius 2 is 1.78 bits per heavy atom. The van der Waals surface area contributed by atoms with E-state index in [-0.39, 0.29) is 11.9 Å². The molecule has 4 heteroatoms. The van der Waals surface area contributed by atoms with Crippen LogP contribution >= 0.6 is 0 Å². The minimum Gasteiger partial charge on any atom is -0.492 e. The Balaban J connectivity index is 1.72. The maximum Gasteiger partial charge on any atom is 0.287 e. The third kappa shape index (κ3) is 5.57. The second kappa shape index (κ2) is 10.1. The fraction of sp³-hybridized carbons (Fsp3) is 0.435. The number of carbonyl (C=O) groups excluding carboxylic acids is 1. The van der Waals surface area contributed by atoms with Crippen molar-refractivity contribution in [2.24, 2.45) is 5.92 Å². The van der Waals surface area contributed by atoms with E-state index in [9.17, 15) is 4.79 Å². The molecular weight excluding hydrogens is 336 g/mol. The first-order valence-corrected chi connectivity index (χ1v) is 10.2. The van der Waals surface area contributed by atoms with Gasteiger partial charge in [-0.05, 0) is 31.9 Å². The van der Waals surface area contributed by atoms with Gasteiger partial charge in [-0.2, -0.15) is 0 Å². The smallest absolute Gasteiger partial charge is 0.287 e. The van der Waals surface area contributed by atoms with Gasteiger partial charge in [0.1, 0.15) is 5.75 Å². The molecule has 0 unspecified atom stereocenters. The first kappa shape index (κ1) is 19.4. The van der Waals surface area contributed by atoms with Crippen LogP contribution in [0.2, 0.25) is 0 Å². The summed E-state index contributed by atoms with van der Waals surface area (Å²) >= 11 is 0. The Kier molecular flexibility index (Phi) is 7.28. The Hall–Kier alpha value is -2.33. The fourth-order valence-electron chi connectivity index (χ4n) is 3.87. The molecule has 0 aliphatic heterocycles. The highest BCUT2D eigenvalue weighted by molar-refractivity contribution is 5.95. The summed E-state index contributed by atoms with van der Waals surface area (Å²) in [5.41, 5.74) is 1.77. The van der Waals surface area contributed by atoms with Gasteiger partial charge in [0.2, 0.25) is 0 Å². The molecule has 144 valence electrons. The van der Waals surface area contributed by atoms with Crippen LogP contribution in [0.5, 0.6) is 5.75 Å². The average molecular weight is 368 g/mol. The minimum absolute atomic E-state index is 0.00385. The summed E-state index contributed by atoms with van der Waals surface area (Å²) in [5, 5.41) is 5.30. The maximum absolute atomic E-state index is 13.1. The predicted molar refractivity (Wildman–Crippen MR) is 109 cm³/mol. The molecule has 27 heavy (non-hydrogen) atoms. The number of benzene rings is 2. The Morgan fingerprint density at radius 3 is 2.52 bits per heavy atom. The van der Waals surface area contributed by atoms with Crippen molar-refractivity contribution in [2.45, 2.75) is 45.1 Å². The van der Waals surface area contributed by atoms with Gasteiger partial charge >= 0.3 is 0 Å². The molecule has 2 aromatic rings. The van der Waals surface area contributed by atoms with Crippen LogP contribution in [-0.4, -0.2) is 19.1 Å². The lowest BCUT2D eigenvalue weighted by Gasteiger charge is -2.23. The summed E-state index contributed by atoms with van der Waals surface area (Å²) in [5.74, 6) is 1.44. The molecule has 1 aliphatic carbocycles. The van der Waals surface area contributed by atoms with E-state index < -0.39 is 0 Å². The van der Waals surface area contributed by atoms with Crippen molar-refractivity contribution in [3.05, 3.63) is 60.2 Å². The summed E-state index contributed by atoms with van der Waals surface area (Å²) in [6.07, 6.45) is 6.57. The number of para-hydroxylation sites is 2. The first-order chi connectivity index (χ1) is 13.3. The van der Waals surface area contributed by atoms with Crippen molar-refractivity contribution < 1.29 is 14.8 Å². The summed E-state index contributed by atoms with van der Waals surface area (Å²) in [6, 6.07) is 17.4. The Bertz CT molecular complexity index is 711. The molecular formula is C23H31N2O2+. The minimum atomic E-state index is -0.247. The quantitative estimate of drug-likeness (QED) is 0.743. The molecule has 2 aromatic carbocycles. The molecule has 0 aromatic heterocycles. The van der Waals surface area contributed by atoms with E-state index in [1.165, 1.54) is 32.1 Å². The van der Waals surface area contributed by atoms with Crippen LogP contribution in [0.3, 0.4) is 0 Å². The van der Waals surface area contributed by atoms with Crippen LogP contribution in [0.25, 0.3) is 0 Å². The van der Waals surface area contributed by atoms with Crippen LogP contribution in [0.1, 0.15) is 50.6 Å². The van der Waals surface area contributed by atoms with Gasteiger partial charge in [-0.15, -0.1) is 0 Å². The third-order valence-corrected chi connectivity index (χ3v) is 5.32. The predicted octanol–water partition coefficient (Wildman–Crippen LogP) is 3.91. The van der Waals surface area contributed by atoms with Crippen molar-refractivity contribution in [1.82, 2.24) is 0 Å². The number of nitrogens with one attached hydrogen (secondary N) is 1. The van der Waals surface area contributed by atoms with Crippen molar-refractivity contribution in [1.29, 1.82) is 0 Å². The van der Waals surface area contributed by atoms with Crippen molar-refractivity contribution in [3.8, 4) is 5.75 Å². The maximum atomic E-state index is 13.1. The number of quaternary nitrogens is 1. The molecule has 3 rings (SSSR count). The monoisotopic (exact) mass is 367 g/mol. The van der Waals surface area contributed by atoms with E-state index >= 15 is 0 Å². The number of nitrogens with two attached hydrogens (primary N) is 1. The van der Waals surface area contributed by atoms with Crippen molar-refractivity contribution >= 4 is 11.6 Å². The zero-order chi connectivity index (χ0) is 18.9. The molecule has 1 saturated carbocycles. The van der Waals surface area contributed by atoms with Crippen LogP contribution in [0.4, 0.5) is 5.69 Å². The molecule has 1 atom stereocenters. The molecule has 0 bridgehead atoms. The first-order valence-electron chi connectivity index (χ1n) is 10.2. The number of hydrogen-bond donors (Lipinski definition) is 2. The van der Waals surface area contributed by atoms with Crippen LogP contribution < -0.4 is 15.4 Å². The lowest BCUT2D eigenvalue weighted by Crippen LogP contribution is -2.88. The summed E-state index contributed by atoms with van der Waals surface area (Å²) in [7, 11) is 0. The standard InChI is InChI=1S/C23H30N2O2/c1-2-27-21-16-10-9-15-20(21)25-23(26)22(19-13-7-4-8-14-19)24-17-18-11-5-3-6-12-18/h4,7-10,13-16,18,22,24H,2-3,5-6,11-12,17H2,1H3,(H,25,26)/p+1/t22-/m1/s1. The number of anilines is 1. The van der Waals surface area contributed by atoms with Gasteiger partial charge in [-0.3, -0.25) is 4.79 Å². The van der Waals surface area contributed by atoms with E-state index in [0.29, 0.717) is 18.3 Å². The number of hydrogen-bond acceptors (Lipinski definition) is 2. The fourth-order valence-corrected chi connectivity index (χ4v) is 3.87. The van der Waals surface area contributed by atoms with E-state index in [1.807, 2.05) is 61.5 Å². The zero-order valence-corrected chi connectivity index (χ0v) is 16.2. The number of carbonyl (C=O) groups is 1. The lowest BCUT2D eigenvalue weighted by atomic mass is 9.89. The molecule has 4 nitrogen and oxygen atoms in total. The molecule has 1 amide bonds. The summed E-state index contributed by atoms with van der Waals surface area (Å²) < 4.78 is 5.65. The third-order valence-electron chi connectivity index (χ3n) is 5.32. The molecule has 0 heterocycles. The van der Waals surface area contributed by atoms with Gasteiger partial charge in [0, 0.05) is 11.5 Å².